The molecular formula is C11H18O2S2. The highest BCUT2D eigenvalue weighted by Crippen LogP contribution is 2.37. The van der Waals surface area contributed by atoms with E-state index in [-0.39, 0.29) is 12.2 Å². The molecule has 15 heavy (non-hydrogen) atoms. The van der Waals surface area contributed by atoms with Gasteiger partial charge >= 0.3 is 0 Å². The lowest BCUT2D eigenvalue weighted by molar-refractivity contribution is -0.146. The van der Waals surface area contributed by atoms with Gasteiger partial charge in [0.2, 0.25) is 0 Å². The van der Waals surface area contributed by atoms with E-state index in [1.165, 1.54) is 0 Å². The predicted octanol–water partition coefficient (Wildman–Crippen LogP) is 3.15. The molecule has 1 aliphatic heterocycles. The minimum Gasteiger partial charge on any atom is -0.345 e. The molecule has 1 aliphatic carbocycles. The van der Waals surface area contributed by atoms with Crippen LogP contribution in [0.4, 0.5) is 0 Å². The van der Waals surface area contributed by atoms with Crippen molar-refractivity contribution in [3.05, 3.63) is 9.81 Å². The Labute approximate surface area is 102 Å². The first-order valence-electron chi connectivity index (χ1n) is 5.43. The van der Waals surface area contributed by atoms with Gasteiger partial charge in [0.25, 0.3) is 0 Å². The average molecular weight is 246 g/mol. The first-order chi connectivity index (χ1) is 6.98. The van der Waals surface area contributed by atoms with E-state index >= 15 is 0 Å². The zero-order chi connectivity index (χ0) is 11.1. The summed E-state index contributed by atoms with van der Waals surface area (Å²) >= 11 is 8.91. The Kier molecular flexibility index (Phi) is 3.41. The molecule has 0 spiro atoms. The van der Waals surface area contributed by atoms with Crippen molar-refractivity contribution in [2.45, 2.75) is 57.5 Å². The van der Waals surface area contributed by atoms with E-state index < -0.39 is 5.79 Å². The van der Waals surface area contributed by atoms with Crippen LogP contribution >= 0.6 is 25.3 Å². The van der Waals surface area contributed by atoms with Gasteiger partial charge in [-0.2, -0.15) is 0 Å². The lowest BCUT2D eigenvalue weighted by atomic mass is 10.0. The van der Waals surface area contributed by atoms with Crippen molar-refractivity contribution in [1.82, 2.24) is 0 Å². The fourth-order valence-corrected chi connectivity index (χ4v) is 2.73. The van der Waals surface area contributed by atoms with Crippen LogP contribution in [0, 0.1) is 0 Å². The van der Waals surface area contributed by atoms with Crippen molar-refractivity contribution in [2.75, 3.05) is 0 Å². The van der Waals surface area contributed by atoms with Gasteiger partial charge in [-0.3, -0.25) is 0 Å². The third-order valence-corrected chi connectivity index (χ3v) is 4.11. The molecular weight excluding hydrogens is 228 g/mol. The first-order valence-corrected chi connectivity index (χ1v) is 6.33. The van der Waals surface area contributed by atoms with Gasteiger partial charge in [0.15, 0.2) is 5.79 Å². The summed E-state index contributed by atoms with van der Waals surface area (Å²) in [5.74, 6) is -0.423. The van der Waals surface area contributed by atoms with E-state index in [1.807, 2.05) is 13.8 Å². The Hall–Kier alpha value is 0.360. The number of hydrogen-bond donors (Lipinski definition) is 2. The van der Waals surface area contributed by atoms with Gasteiger partial charge in [-0.15, -0.1) is 25.3 Å². The molecule has 0 aromatic heterocycles. The lowest BCUT2D eigenvalue weighted by Crippen LogP contribution is -2.23. The maximum Gasteiger partial charge on any atom is 0.163 e. The molecule has 86 valence electrons. The van der Waals surface area contributed by atoms with Gasteiger partial charge in [-0.25, -0.2) is 0 Å². The zero-order valence-corrected chi connectivity index (χ0v) is 11.0. The normalized spacial score (nSPS) is 40.8. The smallest absolute Gasteiger partial charge is 0.163 e. The second-order valence-electron chi connectivity index (χ2n) is 4.68. The Balaban J connectivity index is 2.08. The summed E-state index contributed by atoms with van der Waals surface area (Å²) in [5, 5.41) is 0. The highest BCUT2D eigenvalue weighted by Gasteiger charge is 2.41. The summed E-state index contributed by atoms with van der Waals surface area (Å²) in [7, 11) is 0. The minimum absolute atomic E-state index is 0.226. The van der Waals surface area contributed by atoms with E-state index in [4.69, 9.17) is 9.47 Å². The Morgan fingerprint density at radius 1 is 1.00 bits per heavy atom. The first kappa shape index (κ1) is 11.8. The third-order valence-electron chi connectivity index (χ3n) is 2.95. The summed E-state index contributed by atoms with van der Waals surface area (Å²) in [4.78, 5) is 2.20. The molecule has 0 radical (unpaired) electrons. The zero-order valence-electron chi connectivity index (χ0n) is 9.19. The quantitative estimate of drug-likeness (QED) is 0.640. The molecule has 0 bridgehead atoms. The minimum atomic E-state index is -0.423. The molecule has 0 saturated carbocycles. The van der Waals surface area contributed by atoms with Crippen LogP contribution in [-0.4, -0.2) is 18.0 Å². The predicted molar refractivity (Wildman–Crippen MR) is 67.3 cm³/mol. The van der Waals surface area contributed by atoms with Crippen LogP contribution < -0.4 is 0 Å². The highest BCUT2D eigenvalue weighted by molar-refractivity contribution is 7.88. The van der Waals surface area contributed by atoms with Gasteiger partial charge in [-0.05, 0) is 49.3 Å². The van der Waals surface area contributed by atoms with Crippen molar-refractivity contribution >= 4 is 25.3 Å². The molecule has 1 fully saturated rings. The summed E-state index contributed by atoms with van der Waals surface area (Å²) < 4.78 is 11.7. The molecule has 0 aromatic rings. The molecule has 2 aliphatic rings. The van der Waals surface area contributed by atoms with Crippen molar-refractivity contribution in [3.8, 4) is 0 Å². The largest absolute Gasteiger partial charge is 0.345 e. The van der Waals surface area contributed by atoms with E-state index in [0.29, 0.717) is 0 Å². The Morgan fingerprint density at radius 3 is 1.80 bits per heavy atom. The second-order valence-corrected chi connectivity index (χ2v) is 5.76. The fourth-order valence-electron chi connectivity index (χ4n) is 2.24. The summed E-state index contributed by atoms with van der Waals surface area (Å²) in [5.41, 5.74) is 0. The summed E-state index contributed by atoms with van der Waals surface area (Å²) in [6.07, 6.45) is 4.31. The molecule has 1 heterocycles. The van der Waals surface area contributed by atoms with Crippen LogP contribution in [0.3, 0.4) is 0 Å². The maximum atomic E-state index is 5.87. The Morgan fingerprint density at radius 2 is 1.40 bits per heavy atom. The summed E-state index contributed by atoms with van der Waals surface area (Å²) in [6, 6.07) is 0. The average Bonchev–Trinajstić information content (AvgIpc) is 2.44. The third kappa shape index (κ3) is 2.73. The number of allylic oxidation sites excluding steroid dienone is 2. The van der Waals surface area contributed by atoms with Gasteiger partial charge in [0, 0.05) is 0 Å². The van der Waals surface area contributed by atoms with Crippen molar-refractivity contribution in [2.24, 2.45) is 0 Å². The van der Waals surface area contributed by atoms with Crippen molar-refractivity contribution < 1.29 is 9.47 Å². The molecule has 2 atom stereocenters. The van der Waals surface area contributed by atoms with Gasteiger partial charge in [0.1, 0.15) is 0 Å². The monoisotopic (exact) mass is 246 g/mol. The topological polar surface area (TPSA) is 18.5 Å². The van der Waals surface area contributed by atoms with E-state index in [2.05, 4.69) is 25.3 Å². The standard InChI is InChI=1S/C11H18O2S2/c1-11(2)12-7-3-5-9(14)10(15)6-4-8(7)13-11/h7-8,14-15H,3-6H2,1-2H3/b10-9-. The van der Waals surface area contributed by atoms with Crippen molar-refractivity contribution in [3.63, 3.8) is 0 Å². The molecule has 0 amide bonds. The molecule has 1 saturated heterocycles. The molecule has 4 heteroatoms. The molecule has 0 N–H and O–H groups in total. The molecule has 2 rings (SSSR count). The van der Waals surface area contributed by atoms with Crippen LogP contribution in [0.25, 0.3) is 0 Å². The number of thiol groups is 2. The van der Waals surface area contributed by atoms with E-state index in [1.54, 1.807) is 0 Å². The van der Waals surface area contributed by atoms with Gasteiger partial charge in [0.05, 0.1) is 12.2 Å². The summed E-state index contributed by atoms with van der Waals surface area (Å²) in [6.45, 7) is 3.96. The second kappa shape index (κ2) is 4.32. The number of ether oxygens (including phenoxy) is 2. The van der Waals surface area contributed by atoms with E-state index in [9.17, 15) is 0 Å². The van der Waals surface area contributed by atoms with Crippen LogP contribution in [0.5, 0.6) is 0 Å². The lowest BCUT2D eigenvalue weighted by Gasteiger charge is -2.20. The molecule has 2 unspecified atom stereocenters. The van der Waals surface area contributed by atoms with Gasteiger partial charge < -0.3 is 9.47 Å². The van der Waals surface area contributed by atoms with Crippen LogP contribution in [0.1, 0.15) is 39.5 Å². The maximum absolute atomic E-state index is 5.87. The van der Waals surface area contributed by atoms with Gasteiger partial charge in [-0.1, -0.05) is 0 Å². The molecule has 2 nitrogen and oxygen atoms in total. The number of rotatable bonds is 0. The SMILES string of the molecule is CC1(C)OC2CC/C(S)=C(/S)CCC2O1. The number of fused-ring (bicyclic) bond motifs is 1. The van der Waals surface area contributed by atoms with E-state index in [0.717, 1.165) is 35.5 Å². The van der Waals surface area contributed by atoms with Crippen LogP contribution in [0.15, 0.2) is 9.81 Å². The van der Waals surface area contributed by atoms with Crippen LogP contribution in [0.2, 0.25) is 0 Å². The van der Waals surface area contributed by atoms with Crippen molar-refractivity contribution in [1.29, 1.82) is 0 Å². The van der Waals surface area contributed by atoms with Crippen LogP contribution in [-0.2, 0) is 9.47 Å². The Bertz CT molecular complexity index is 260. The number of hydrogen-bond acceptors (Lipinski definition) is 4. The molecule has 0 aromatic carbocycles. The fraction of sp³-hybridized carbons (Fsp3) is 0.818. The highest BCUT2D eigenvalue weighted by atomic mass is 32.1.